The maximum absolute atomic E-state index is 5.35. The summed E-state index contributed by atoms with van der Waals surface area (Å²) in [6.45, 7) is 6.69. The third-order valence-electron chi connectivity index (χ3n) is 5.12. The molecule has 1 aliphatic rings. The number of allylic oxidation sites excluding steroid dienone is 1. The molecule has 0 radical (unpaired) electrons. The normalized spacial score (nSPS) is 14.6. The summed E-state index contributed by atoms with van der Waals surface area (Å²) < 4.78 is 5.35. The zero-order valence-corrected chi connectivity index (χ0v) is 15.4. The van der Waals surface area contributed by atoms with Gasteiger partial charge in [-0.2, -0.15) is 0 Å². The molecule has 0 saturated heterocycles. The highest BCUT2D eigenvalue weighted by Gasteiger charge is 2.18. The van der Waals surface area contributed by atoms with Gasteiger partial charge >= 0.3 is 0 Å². The van der Waals surface area contributed by atoms with Crippen molar-refractivity contribution in [2.75, 3.05) is 7.11 Å². The van der Waals surface area contributed by atoms with E-state index in [0.717, 1.165) is 5.75 Å². The molecule has 2 aromatic rings. The minimum atomic E-state index is 0.920. The number of hydrogen-bond acceptors (Lipinski definition) is 1. The molecular formula is C23H28O. The highest BCUT2D eigenvalue weighted by atomic mass is 16.5. The smallest absolute Gasteiger partial charge is 0.118 e. The molecule has 24 heavy (non-hydrogen) atoms. The molecule has 0 atom stereocenters. The Morgan fingerprint density at radius 2 is 1.42 bits per heavy atom. The number of rotatable bonds is 3. The Bertz CT molecular complexity index is 719. The molecule has 1 fully saturated rings. The molecule has 0 bridgehead atoms. The average molecular weight is 320 g/mol. The van der Waals surface area contributed by atoms with Crippen LogP contribution in [0, 0.1) is 20.8 Å². The maximum Gasteiger partial charge on any atom is 0.118 e. The van der Waals surface area contributed by atoms with Crippen molar-refractivity contribution in [3.63, 3.8) is 0 Å². The predicted molar refractivity (Wildman–Crippen MR) is 103 cm³/mol. The summed E-state index contributed by atoms with van der Waals surface area (Å²) in [5.41, 5.74) is 9.96. The highest BCUT2D eigenvalue weighted by molar-refractivity contribution is 5.85. The average Bonchev–Trinajstić information content (AvgIpc) is 2.59. The van der Waals surface area contributed by atoms with Gasteiger partial charge in [-0.3, -0.25) is 0 Å². The first-order valence-corrected chi connectivity index (χ1v) is 9.05. The summed E-state index contributed by atoms with van der Waals surface area (Å²) in [5.74, 6) is 0.920. The van der Waals surface area contributed by atoms with Gasteiger partial charge in [0.05, 0.1) is 7.11 Å². The van der Waals surface area contributed by atoms with Gasteiger partial charge in [0.2, 0.25) is 0 Å². The van der Waals surface area contributed by atoms with E-state index in [1.807, 2.05) is 0 Å². The predicted octanol–water partition coefficient (Wildman–Crippen LogP) is 6.39. The second-order valence-corrected chi connectivity index (χ2v) is 7.04. The SMILES string of the molecule is COc1ccc(C(=C2CCCCC2)c2c(C)cc(C)cc2C)cc1. The highest BCUT2D eigenvalue weighted by Crippen LogP contribution is 2.38. The van der Waals surface area contributed by atoms with Crippen molar-refractivity contribution in [2.45, 2.75) is 52.9 Å². The Morgan fingerprint density at radius 1 is 0.833 bits per heavy atom. The van der Waals surface area contributed by atoms with Crippen molar-refractivity contribution in [2.24, 2.45) is 0 Å². The Hall–Kier alpha value is -2.02. The summed E-state index contributed by atoms with van der Waals surface area (Å²) in [6, 6.07) is 13.2. The Balaban J connectivity index is 2.19. The molecule has 1 nitrogen and oxygen atoms in total. The molecule has 0 heterocycles. The first-order valence-electron chi connectivity index (χ1n) is 9.05. The lowest BCUT2D eigenvalue weighted by Crippen LogP contribution is -2.04. The van der Waals surface area contributed by atoms with Gasteiger partial charge in [-0.25, -0.2) is 0 Å². The quantitative estimate of drug-likeness (QED) is 0.637. The monoisotopic (exact) mass is 320 g/mol. The Morgan fingerprint density at radius 3 is 1.96 bits per heavy atom. The van der Waals surface area contributed by atoms with Gasteiger partial charge in [0.1, 0.15) is 5.75 Å². The van der Waals surface area contributed by atoms with Crippen LogP contribution in [0.3, 0.4) is 0 Å². The molecule has 1 aliphatic carbocycles. The zero-order valence-electron chi connectivity index (χ0n) is 15.4. The third kappa shape index (κ3) is 3.40. The van der Waals surface area contributed by atoms with Crippen LogP contribution in [0.5, 0.6) is 5.75 Å². The number of benzene rings is 2. The van der Waals surface area contributed by atoms with Crippen LogP contribution < -0.4 is 4.74 Å². The molecule has 1 saturated carbocycles. The van der Waals surface area contributed by atoms with E-state index in [4.69, 9.17) is 4.74 Å². The second-order valence-electron chi connectivity index (χ2n) is 7.04. The van der Waals surface area contributed by atoms with Gasteiger partial charge in [-0.15, -0.1) is 0 Å². The summed E-state index contributed by atoms with van der Waals surface area (Å²) in [4.78, 5) is 0. The standard InChI is InChI=1S/C23H28O/c1-16-14-17(2)22(18(3)15-16)23(19-8-6-5-7-9-19)20-10-12-21(24-4)13-11-20/h10-15H,5-9H2,1-4H3. The van der Waals surface area contributed by atoms with Crippen LogP contribution in [0.4, 0.5) is 0 Å². The topological polar surface area (TPSA) is 9.23 Å². The van der Waals surface area contributed by atoms with E-state index in [-0.39, 0.29) is 0 Å². The first kappa shape index (κ1) is 16.8. The molecule has 0 amide bonds. The van der Waals surface area contributed by atoms with E-state index in [2.05, 4.69) is 57.2 Å². The van der Waals surface area contributed by atoms with Crippen LogP contribution in [0.1, 0.15) is 59.9 Å². The molecule has 126 valence electrons. The fraction of sp³-hybridized carbons (Fsp3) is 0.391. The van der Waals surface area contributed by atoms with Crippen LogP contribution in [-0.4, -0.2) is 7.11 Å². The van der Waals surface area contributed by atoms with Crippen LogP contribution in [0.25, 0.3) is 5.57 Å². The summed E-state index contributed by atoms with van der Waals surface area (Å²) >= 11 is 0. The van der Waals surface area contributed by atoms with Gasteiger partial charge in [0.25, 0.3) is 0 Å². The van der Waals surface area contributed by atoms with Crippen LogP contribution in [0.2, 0.25) is 0 Å². The number of ether oxygens (including phenoxy) is 1. The summed E-state index contributed by atoms with van der Waals surface area (Å²) in [7, 11) is 1.73. The number of hydrogen-bond donors (Lipinski definition) is 0. The molecular weight excluding hydrogens is 292 g/mol. The van der Waals surface area contributed by atoms with Crippen molar-refractivity contribution in [1.29, 1.82) is 0 Å². The molecule has 0 aliphatic heterocycles. The fourth-order valence-corrected chi connectivity index (χ4v) is 4.09. The maximum atomic E-state index is 5.35. The number of methoxy groups -OCH3 is 1. The van der Waals surface area contributed by atoms with Gasteiger partial charge in [0.15, 0.2) is 0 Å². The van der Waals surface area contributed by atoms with Crippen molar-refractivity contribution in [1.82, 2.24) is 0 Å². The van der Waals surface area contributed by atoms with Crippen molar-refractivity contribution < 1.29 is 4.74 Å². The summed E-state index contributed by atoms with van der Waals surface area (Å²) in [6.07, 6.45) is 6.46. The molecule has 1 heteroatoms. The lowest BCUT2D eigenvalue weighted by atomic mass is 9.82. The fourth-order valence-electron chi connectivity index (χ4n) is 4.09. The van der Waals surface area contributed by atoms with E-state index >= 15 is 0 Å². The van der Waals surface area contributed by atoms with Gasteiger partial charge in [-0.1, -0.05) is 41.8 Å². The molecule has 0 unspecified atom stereocenters. The Kier molecular flexibility index (Phi) is 5.08. The van der Waals surface area contributed by atoms with Crippen molar-refractivity contribution >= 4 is 5.57 Å². The summed E-state index contributed by atoms with van der Waals surface area (Å²) in [5, 5.41) is 0. The van der Waals surface area contributed by atoms with Crippen molar-refractivity contribution in [3.8, 4) is 5.75 Å². The lowest BCUT2D eigenvalue weighted by Gasteiger charge is -2.23. The number of aryl methyl sites for hydroxylation is 3. The molecule has 0 aromatic heterocycles. The van der Waals surface area contributed by atoms with Crippen LogP contribution in [0.15, 0.2) is 42.0 Å². The van der Waals surface area contributed by atoms with E-state index in [0.29, 0.717) is 0 Å². The minimum Gasteiger partial charge on any atom is -0.497 e. The lowest BCUT2D eigenvalue weighted by molar-refractivity contribution is 0.415. The van der Waals surface area contributed by atoms with Gasteiger partial charge < -0.3 is 4.74 Å². The van der Waals surface area contributed by atoms with Gasteiger partial charge in [0, 0.05) is 0 Å². The van der Waals surface area contributed by atoms with E-state index in [1.54, 1.807) is 12.7 Å². The first-order chi connectivity index (χ1) is 11.6. The molecule has 3 rings (SSSR count). The largest absolute Gasteiger partial charge is 0.497 e. The van der Waals surface area contributed by atoms with E-state index in [9.17, 15) is 0 Å². The molecule has 2 aromatic carbocycles. The van der Waals surface area contributed by atoms with Crippen LogP contribution in [-0.2, 0) is 0 Å². The molecule has 0 N–H and O–H groups in total. The van der Waals surface area contributed by atoms with Crippen LogP contribution >= 0.6 is 0 Å². The van der Waals surface area contributed by atoms with Crippen molar-refractivity contribution in [3.05, 3.63) is 69.8 Å². The third-order valence-corrected chi connectivity index (χ3v) is 5.12. The van der Waals surface area contributed by atoms with Gasteiger partial charge in [-0.05, 0) is 86.4 Å². The zero-order chi connectivity index (χ0) is 17.1. The van der Waals surface area contributed by atoms with E-state index < -0.39 is 0 Å². The van der Waals surface area contributed by atoms with E-state index in [1.165, 1.54) is 65.5 Å². The molecule has 0 spiro atoms. The minimum absolute atomic E-state index is 0.920. The second kappa shape index (κ2) is 7.25. The Labute approximate surface area is 146 Å².